The van der Waals surface area contributed by atoms with Crippen molar-refractivity contribution in [3.8, 4) is 0 Å². The Labute approximate surface area is 116 Å². The number of nitrogens with two attached hydrogens (primary N) is 1. The number of nitrogens with zero attached hydrogens (tertiary/aromatic N) is 2. The third kappa shape index (κ3) is 2.78. The van der Waals surface area contributed by atoms with Crippen LogP contribution in [0.3, 0.4) is 0 Å². The summed E-state index contributed by atoms with van der Waals surface area (Å²) in [6.07, 6.45) is 1.18. The Bertz CT molecular complexity index is 561. The Morgan fingerprint density at radius 2 is 2.00 bits per heavy atom. The van der Waals surface area contributed by atoms with Gasteiger partial charge >= 0.3 is 0 Å². The summed E-state index contributed by atoms with van der Waals surface area (Å²) >= 11 is 3.40. The molecule has 2 aromatic heterocycles. The molecule has 0 saturated heterocycles. The fraction of sp³-hybridized carbons (Fsp3) is 0.538. The van der Waals surface area contributed by atoms with E-state index >= 15 is 0 Å². The van der Waals surface area contributed by atoms with E-state index in [0.717, 1.165) is 21.1 Å². The van der Waals surface area contributed by atoms with Gasteiger partial charge in [-0.3, -0.25) is 0 Å². The zero-order valence-electron chi connectivity index (χ0n) is 11.3. The number of rotatable bonds is 4. The van der Waals surface area contributed by atoms with Crippen LogP contribution >= 0.6 is 23.1 Å². The molecule has 0 radical (unpaired) electrons. The molecule has 5 heteroatoms. The van der Waals surface area contributed by atoms with Gasteiger partial charge < -0.3 is 5.73 Å². The molecule has 0 aliphatic carbocycles. The van der Waals surface area contributed by atoms with Gasteiger partial charge in [0.1, 0.15) is 10.6 Å². The number of hydrogen-bond donors (Lipinski definition) is 1. The molecule has 0 aliphatic heterocycles. The second kappa shape index (κ2) is 5.45. The first-order chi connectivity index (χ1) is 8.49. The van der Waals surface area contributed by atoms with Crippen molar-refractivity contribution in [2.24, 2.45) is 5.92 Å². The van der Waals surface area contributed by atoms with Crippen molar-refractivity contribution in [1.29, 1.82) is 0 Å². The van der Waals surface area contributed by atoms with Crippen molar-refractivity contribution in [1.82, 2.24) is 9.97 Å². The van der Waals surface area contributed by atoms with Gasteiger partial charge in [0.15, 0.2) is 5.16 Å². The van der Waals surface area contributed by atoms with Gasteiger partial charge in [-0.1, -0.05) is 25.6 Å². The van der Waals surface area contributed by atoms with E-state index in [9.17, 15) is 0 Å². The third-order valence-corrected chi connectivity index (χ3v) is 4.94. The molecule has 0 aliphatic rings. The lowest BCUT2D eigenvalue weighted by Gasteiger charge is -2.04. The number of fused-ring (bicyclic) bond motifs is 1. The normalized spacial score (nSPS) is 11.6. The molecule has 0 fully saturated rings. The van der Waals surface area contributed by atoms with Crippen molar-refractivity contribution in [3.05, 3.63) is 10.4 Å². The molecule has 0 amide bonds. The summed E-state index contributed by atoms with van der Waals surface area (Å²) in [4.78, 5) is 11.3. The first kappa shape index (κ1) is 13.6. The predicted octanol–water partition coefficient (Wildman–Crippen LogP) is 4.03. The molecule has 0 spiro atoms. The second-order valence-corrected chi connectivity index (χ2v) is 7.15. The molecule has 2 N–H and O–H groups in total. The van der Waals surface area contributed by atoms with Gasteiger partial charge in [0.2, 0.25) is 0 Å². The highest BCUT2D eigenvalue weighted by molar-refractivity contribution is 7.99. The van der Waals surface area contributed by atoms with Gasteiger partial charge in [-0.05, 0) is 31.7 Å². The molecule has 0 bridgehead atoms. The summed E-state index contributed by atoms with van der Waals surface area (Å²) in [6.45, 7) is 8.64. The quantitative estimate of drug-likeness (QED) is 0.679. The zero-order chi connectivity index (χ0) is 13.3. The van der Waals surface area contributed by atoms with Crippen LogP contribution in [-0.4, -0.2) is 15.7 Å². The van der Waals surface area contributed by atoms with Crippen LogP contribution in [0, 0.1) is 19.8 Å². The van der Waals surface area contributed by atoms with Crippen LogP contribution in [0.2, 0.25) is 0 Å². The maximum Gasteiger partial charge on any atom is 0.190 e. The van der Waals surface area contributed by atoms with Crippen molar-refractivity contribution in [2.45, 2.75) is 39.3 Å². The van der Waals surface area contributed by atoms with E-state index in [2.05, 4.69) is 37.7 Å². The van der Waals surface area contributed by atoms with Gasteiger partial charge in [-0.15, -0.1) is 11.3 Å². The molecule has 98 valence electrons. The summed E-state index contributed by atoms with van der Waals surface area (Å²) in [5.41, 5.74) is 7.26. The van der Waals surface area contributed by atoms with Crippen LogP contribution in [0.25, 0.3) is 10.2 Å². The number of thioether (sulfide) groups is 1. The van der Waals surface area contributed by atoms with Gasteiger partial charge in [-0.2, -0.15) is 0 Å². The molecule has 0 aromatic carbocycles. The number of aromatic nitrogens is 2. The van der Waals surface area contributed by atoms with E-state index in [1.165, 1.54) is 16.9 Å². The van der Waals surface area contributed by atoms with E-state index < -0.39 is 0 Å². The van der Waals surface area contributed by atoms with Crippen LogP contribution in [0.4, 0.5) is 5.82 Å². The number of thiophene rings is 1. The minimum atomic E-state index is 0.619. The van der Waals surface area contributed by atoms with Crippen molar-refractivity contribution in [3.63, 3.8) is 0 Å². The van der Waals surface area contributed by atoms with Gasteiger partial charge in [-0.25, -0.2) is 9.97 Å². The molecular formula is C13H19N3S2. The van der Waals surface area contributed by atoms with Gasteiger partial charge in [0, 0.05) is 10.6 Å². The van der Waals surface area contributed by atoms with Gasteiger partial charge in [0.25, 0.3) is 0 Å². The minimum absolute atomic E-state index is 0.619. The minimum Gasteiger partial charge on any atom is -0.383 e. The van der Waals surface area contributed by atoms with Gasteiger partial charge in [0.05, 0.1) is 5.39 Å². The second-order valence-electron chi connectivity index (χ2n) is 4.89. The lowest BCUT2D eigenvalue weighted by molar-refractivity contribution is 0.631. The van der Waals surface area contributed by atoms with Crippen LogP contribution in [0.1, 0.15) is 30.7 Å². The standard InChI is InChI=1S/C13H19N3S2/c1-7(2)5-6-17-13-15-11(14)10-8(3)9(4)18-12(10)16-13/h7H,5-6H2,1-4H3,(H2,14,15,16). The van der Waals surface area contributed by atoms with E-state index in [4.69, 9.17) is 5.73 Å². The van der Waals surface area contributed by atoms with Crippen molar-refractivity contribution in [2.75, 3.05) is 11.5 Å². The van der Waals surface area contributed by atoms with E-state index in [1.54, 1.807) is 23.1 Å². The first-order valence-corrected chi connectivity index (χ1v) is 7.95. The Hall–Kier alpha value is -0.810. The summed E-state index contributed by atoms with van der Waals surface area (Å²) in [5.74, 6) is 2.38. The molecule has 2 rings (SSSR count). The smallest absolute Gasteiger partial charge is 0.190 e. The maximum absolute atomic E-state index is 6.04. The number of hydrogen-bond acceptors (Lipinski definition) is 5. The highest BCUT2D eigenvalue weighted by Gasteiger charge is 2.12. The summed E-state index contributed by atoms with van der Waals surface area (Å²) in [7, 11) is 0. The number of nitrogen functional groups attached to an aromatic ring is 1. The number of aryl methyl sites for hydroxylation is 2. The highest BCUT2D eigenvalue weighted by Crippen LogP contribution is 2.33. The Kier molecular flexibility index (Phi) is 4.12. The van der Waals surface area contributed by atoms with E-state index in [-0.39, 0.29) is 0 Å². The monoisotopic (exact) mass is 281 g/mol. The molecule has 18 heavy (non-hydrogen) atoms. The summed E-state index contributed by atoms with van der Waals surface area (Å²) in [6, 6.07) is 0. The molecule has 2 heterocycles. The molecule has 0 unspecified atom stereocenters. The maximum atomic E-state index is 6.04. The average Bonchev–Trinajstić information content (AvgIpc) is 2.54. The summed E-state index contributed by atoms with van der Waals surface area (Å²) in [5, 5.41) is 1.84. The summed E-state index contributed by atoms with van der Waals surface area (Å²) < 4.78 is 0. The topological polar surface area (TPSA) is 51.8 Å². The third-order valence-electron chi connectivity index (χ3n) is 2.96. The predicted molar refractivity (Wildman–Crippen MR) is 81.5 cm³/mol. The lowest BCUT2D eigenvalue weighted by atomic mass is 10.2. The average molecular weight is 281 g/mol. The zero-order valence-corrected chi connectivity index (χ0v) is 12.9. The van der Waals surface area contributed by atoms with Crippen LogP contribution in [-0.2, 0) is 0 Å². The highest BCUT2D eigenvalue weighted by atomic mass is 32.2. The molecule has 3 nitrogen and oxygen atoms in total. The first-order valence-electron chi connectivity index (χ1n) is 6.15. The SMILES string of the molecule is Cc1sc2nc(SCCC(C)C)nc(N)c2c1C. The fourth-order valence-corrected chi connectivity index (χ4v) is 3.90. The lowest BCUT2D eigenvalue weighted by Crippen LogP contribution is -1.97. The molecule has 0 saturated carbocycles. The van der Waals surface area contributed by atoms with Crippen molar-refractivity contribution < 1.29 is 0 Å². The molecular weight excluding hydrogens is 262 g/mol. The largest absolute Gasteiger partial charge is 0.383 e. The van der Waals surface area contributed by atoms with Crippen LogP contribution in [0.15, 0.2) is 5.16 Å². The Balaban J connectivity index is 2.26. The Morgan fingerprint density at radius 1 is 1.28 bits per heavy atom. The van der Waals surface area contributed by atoms with E-state index in [1.807, 2.05) is 0 Å². The Morgan fingerprint density at radius 3 is 2.67 bits per heavy atom. The van der Waals surface area contributed by atoms with Crippen LogP contribution < -0.4 is 5.73 Å². The van der Waals surface area contributed by atoms with Crippen molar-refractivity contribution >= 4 is 39.1 Å². The number of anilines is 1. The molecule has 0 atom stereocenters. The molecule has 2 aromatic rings. The van der Waals surface area contributed by atoms with Crippen LogP contribution in [0.5, 0.6) is 0 Å². The van der Waals surface area contributed by atoms with E-state index in [0.29, 0.717) is 11.7 Å². The fourth-order valence-electron chi connectivity index (χ4n) is 1.71.